The second-order valence-corrected chi connectivity index (χ2v) is 15.5. The van der Waals surface area contributed by atoms with E-state index in [1.807, 2.05) is 0 Å². The third-order valence-electron chi connectivity index (χ3n) is 7.77. The van der Waals surface area contributed by atoms with Crippen LogP contribution < -0.4 is 35.4 Å². The molecular formula is C37H34N10O8S2. The Morgan fingerprint density at radius 3 is 1.46 bits per heavy atom. The molecule has 18 nitrogen and oxygen atoms in total. The van der Waals surface area contributed by atoms with Gasteiger partial charge in [-0.1, -0.05) is 18.2 Å². The monoisotopic (exact) mass is 810 g/mol. The fourth-order valence-corrected chi connectivity index (χ4v) is 6.54. The van der Waals surface area contributed by atoms with Crippen LogP contribution in [-0.4, -0.2) is 69.4 Å². The molecule has 2 heterocycles. The van der Waals surface area contributed by atoms with Gasteiger partial charge in [0, 0.05) is 40.9 Å². The molecule has 57 heavy (non-hydrogen) atoms. The Balaban J connectivity index is 0.987. The van der Waals surface area contributed by atoms with E-state index in [1.54, 1.807) is 72.8 Å². The summed E-state index contributed by atoms with van der Waals surface area (Å²) in [4.78, 5) is 42.1. The number of nitrogens with zero attached hydrogens (tertiary/aromatic N) is 4. The van der Waals surface area contributed by atoms with Crippen LogP contribution in [0.1, 0.15) is 10.4 Å². The second-order valence-electron chi connectivity index (χ2n) is 11.7. The summed E-state index contributed by atoms with van der Waals surface area (Å²) in [6.45, 7) is -0.543. The molecule has 0 unspecified atom stereocenters. The van der Waals surface area contributed by atoms with Crippen LogP contribution in [0.25, 0.3) is 0 Å². The molecule has 0 spiro atoms. The molecule has 0 atom stereocenters. The van der Waals surface area contributed by atoms with Crippen LogP contribution in [0.15, 0.2) is 132 Å². The maximum atomic E-state index is 12.7. The molecule has 292 valence electrons. The van der Waals surface area contributed by atoms with Gasteiger partial charge in [-0.2, -0.15) is 0 Å². The van der Waals surface area contributed by atoms with Crippen molar-refractivity contribution < 1.29 is 35.9 Å². The van der Waals surface area contributed by atoms with Crippen molar-refractivity contribution in [3.63, 3.8) is 0 Å². The van der Waals surface area contributed by atoms with Crippen LogP contribution in [0, 0.1) is 0 Å². The van der Waals surface area contributed by atoms with Crippen molar-refractivity contribution in [2.75, 3.05) is 42.0 Å². The van der Waals surface area contributed by atoms with E-state index in [2.05, 4.69) is 50.6 Å². The van der Waals surface area contributed by atoms with Gasteiger partial charge in [0.15, 0.2) is 6.61 Å². The lowest BCUT2D eigenvalue weighted by Crippen LogP contribution is -2.19. The summed E-state index contributed by atoms with van der Waals surface area (Å²) in [7, 11) is -4.59. The van der Waals surface area contributed by atoms with Gasteiger partial charge in [-0.15, -0.1) is 0 Å². The predicted octanol–water partition coefficient (Wildman–Crippen LogP) is 4.82. The first-order chi connectivity index (χ1) is 27.4. The van der Waals surface area contributed by atoms with Gasteiger partial charge in [0.1, 0.15) is 41.7 Å². The lowest BCUT2D eigenvalue weighted by atomic mass is 10.2. The fraction of sp³-hybridized carbons (Fsp3) is 0.0811. The van der Waals surface area contributed by atoms with E-state index in [4.69, 9.17) is 9.47 Å². The third-order valence-corrected chi connectivity index (χ3v) is 10.6. The molecule has 0 aliphatic carbocycles. The number of benzene rings is 4. The first kappa shape index (κ1) is 39.7. The molecule has 6 N–H and O–H groups in total. The van der Waals surface area contributed by atoms with Crippen molar-refractivity contribution >= 4 is 78.0 Å². The van der Waals surface area contributed by atoms with Crippen molar-refractivity contribution in [2.24, 2.45) is 0 Å². The number of esters is 2. The van der Waals surface area contributed by atoms with Gasteiger partial charge >= 0.3 is 11.9 Å². The number of carbonyl (C=O) groups excluding carboxylic acids is 2. The van der Waals surface area contributed by atoms with Crippen LogP contribution in [0.2, 0.25) is 0 Å². The van der Waals surface area contributed by atoms with E-state index >= 15 is 0 Å². The number of rotatable bonds is 16. The smallest absolute Gasteiger partial charge is 0.352 e. The van der Waals surface area contributed by atoms with Gasteiger partial charge in [0.2, 0.25) is 20.0 Å². The van der Waals surface area contributed by atoms with Gasteiger partial charge in [0.25, 0.3) is 0 Å². The molecule has 0 fully saturated rings. The predicted molar refractivity (Wildman–Crippen MR) is 211 cm³/mol. The van der Waals surface area contributed by atoms with E-state index in [1.165, 1.54) is 63.1 Å². The molecule has 0 amide bonds. The highest BCUT2D eigenvalue weighted by molar-refractivity contribution is 7.89. The molecule has 0 saturated carbocycles. The molecule has 0 saturated heterocycles. The van der Waals surface area contributed by atoms with E-state index < -0.39 is 38.6 Å². The molecule has 0 aliphatic heterocycles. The van der Waals surface area contributed by atoms with Crippen LogP contribution in [0.4, 0.5) is 46.0 Å². The number of aromatic nitrogens is 4. The van der Waals surface area contributed by atoms with Crippen molar-refractivity contribution in [2.45, 2.75) is 9.79 Å². The normalized spacial score (nSPS) is 11.3. The molecule has 0 radical (unpaired) electrons. The molecule has 20 heteroatoms. The number of anilines is 8. The summed E-state index contributed by atoms with van der Waals surface area (Å²) in [5, 5.41) is 12.3. The molecule has 0 bridgehead atoms. The number of sulfonamides is 2. The SMILES string of the molecule is CNS(=O)(=O)c1cccc(Nc2cc(Nc3ccc(C(=O)OC(=O)COc4cccc(Nc5cc(Nc6cccc(S(=O)(=O)NC)c6)ncn5)c4)cc3)ncn2)c1. The topological polar surface area (TPSA) is 245 Å². The Hall–Kier alpha value is -7.00. The van der Waals surface area contributed by atoms with Crippen molar-refractivity contribution in [3.8, 4) is 5.75 Å². The summed E-state index contributed by atoms with van der Waals surface area (Å²) in [5.74, 6) is 0.158. The maximum absolute atomic E-state index is 12.7. The minimum Gasteiger partial charge on any atom is -0.482 e. The quantitative estimate of drug-likeness (QED) is 0.0567. The molecule has 2 aromatic heterocycles. The first-order valence-electron chi connectivity index (χ1n) is 16.8. The van der Waals surface area contributed by atoms with Gasteiger partial charge in [-0.25, -0.2) is 55.8 Å². The Morgan fingerprint density at radius 1 is 0.544 bits per heavy atom. The second kappa shape index (κ2) is 17.6. The zero-order valence-electron chi connectivity index (χ0n) is 30.1. The zero-order valence-corrected chi connectivity index (χ0v) is 31.8. The Bertz CT molecular complexity index is 2630. The summed E-state index contributed by atoms with van der Waals surface area (Å²) in [6, 6.07) is 28.5. The van der Waals surface area contributed by atoms with Crippen LogP contribution >= 0.6 is 0 Å². The third kappa shape index (κ3) is 10.8. The van der Waals surface area contributed by atoms with Gasteiger partial charge < -0.3 is 30.7 Å². The average Bonchev–Trinajstić information content (AvgIpc) is 3.21. The van der Waals surface area contributed by atoms with E-state index in [-0.39, 0.29) is 15.4 Å². The fourth-order valence-electron chi connectivity index (χ4n) is 4.98. The maximum Gasteiger partial charge on any atom is 0.352 e. The molecule has 4 aromatic carbocycles. The van der Waals surface area contributed by atoms with Crippen molar-refractivity contribution in [3.05, 3.63) is 127 Å². The summed E-state index contributed by atoms with van der Waals surface area (Å²) in [5.41, 5.74) is 2.26. The standard InChI is InChI=1S/C37H34N10O8S2/c1-38-56(50,51)30-10-4-7-27(17-30)46-34-19-32(40-22-42-34)44-25-14-12-24(13-15-25)37(49)55-36(48)21-54-29-9-3-6-26(16-29)45-33-20-35(43-23-41-33)47-28-8-5-11-31(18-28)57(52,53)39-2/h3-20,22-23,38-39H,21H2,1-2H3,(H2,40,42,44,46)(H2,41,43,45,47). The molecular weight excluding hydrogens is 777 g/mol. The summed E-state index contributed by atoms with van der Waals surface area (Å²) >= 11 is 0. The molecule has 0 aliphatic rings. The number of nitrogens with one attached hydrogen (secondary N) is 6. The van der Waals surface area contributed by atoms with Gasteiger partial charge in [0.05, 0.1) is 15.4 Å². The first-order valence-corrected chi connectivity index (χ1v) is 19.7. The summed E-state index contributed by atoms with van der Waals surface area (Å²) < 4.78 is 63.7. The zero-order chi connectivity index (χ0) is 40.4. The lowest BCUT2D eigenvalue weighted by Gasteiger charge is -2.11. The highest BCUT2D eigenvalue weighted by Gasteiger charge is 2.16. The Kier molecular flexibility index (Phi) is 12.3. The molecule has 6 rings (SSSR count). The minimum atomic E-state index is -3.63. The Morgan fingerprint density at radius 2 is 0.982 bits per heavy atom. The Labute approximate surface area is 327 Å². The lowest BCUT2D eigenvalue weighted by molar-refractivity contribution is -0.140. The highest BCUT2D eigenvalue weighted by Crippen LogP contribution is 2.25. The van der Waals surface area contributed by atoms with Crippen molar-refractivity contribution in [1.82, 2.24) is 29.4 Å². The summed E-state index contributed by atoms with van der Waals surface area (Å²) in [6.07, 6.45) is 2.65. The van der Waals surface area contributed by atoms with Gasteiger partial charge in [-0.05, 0) is 86.9 Å². The number of hydrogen-bond acceptors (Lipinski definition) is 16. The van der Waals surface area contributed by atoms with E-state index in [9.17, 15) is 26.4 Å². The van der Waals surface area contributed by atoms with Crippen LogP contribution in [0.5, 0.6) is 5.75 Å². The number of ether oxygens (including phenoxy) is 2. The highest BCUT2D eigenvalue weighted by atomic mass is 32.2. The number of carbonyl (C=O) groups is 2. The molecule has 6 aromatic rings. The number of hydrogen-bond donors (Lipinski definition) is 6. The van der Waals surface area contributed by atoms with Crippen molar-refractivity contribution in [1.29, 1.82) is 0 Å². The van der Waals surface area contributed by atoms with E-state index in [0.29, 0.717) is 51.8 Å². The minimum absolute atomic E-state index is 0.0902. The van der Waals surface area contributed by atoms with E-state index in [0.717, 1.165) is 0 Å². The largest absolute Gasteiger partial charge is 0.482 e. The van der Waals surface area contributed by atoms with Gasteiger partial charge in [-0.3, -0.25) is 0 Å². The van der Waals surface area contributed by atoms with Crippen LogP contribution in [-0.2, 0) is 29.6 Å². The average molecular weight is 811 g/mol. The van der Waals surface area contributed by atoms with Crippen LogP contribution in [0.3, 0.4) is 0 Å².